The van der Waals surface area contributed by atoms with Crippen molar-refractivity contribution in [2.24, 2.45) is 0 Å². The molecule has 0 spiro atoms. The Bertz CT molecular complexity index is 776. The van der Waals surface area contributed by atoms with Crippen LogP contribution in [0.15, 0.2) is 41.9 Å². The maximum atomic E-state index is 12.4. The number of ether oxygens (including phenoxy) is 1. The van der Waals surface area contributed by atoms with Crippen LogP contribution in [0.3, 0.4) is 0 Å². The van der Waals surface area contributed by atoms with Crippen molar-refractivity contribution in [2.75, 3.05) is 12.4 Å². The summed E-state index contributed by atoms with van der Waals surface area (Å²) in [6.07, 6.45) is 2.04. The van der Waals surface area contributed by atoms with Gasteiger partial charge in [0.15, 0.2) is 0 Å². The van der Waals surface area contributed by atoms with Crippen molar-refractivity contribution in [3.05, 3.63) is 41.9 Å². The second-order valence-electron chi connectivity index (χ2n) is 4.84. The number of nitrogens with zero attached hydrogens (tertiary/aromatic N) is 2. The molecule has 0 aliphatic rings. The SMILES string of the molecule is CC[C@H](OC)C(=O)Nc1c(-c2cccs2)nc2ccccn12. The Morgan fingerprint density at radius 3 is 2.95 bits per heavy atom. The molecule has 0 saturated carbocycles. The second-order valence-corrected chi connectivity index (χ2v) is 5.78. The number of fused-ring (bicyclic) bond motifs is 1. The lowest BCUT2D eigenvalue weighted by molar-refractivity contribution is -0.125. The predicted molar refractivity (Wildman–Crippen MR) is 88.2 cm³/mol. The first-order chi connectivity index (χ1) is 10.7. The van der Waals surface area contributed by atoms with Crippen LogP contribution < -0.4 is 5.32 Å². The van der Waals surface area contributed by atoms with Crippen LogP contribution in [0.4, 0.5) is 5.82 Å². The number of carbonyl (C=O) groups is 1. The molecule has 6 heteroatoms. The summed E-state index contributed by atoms with van der Waals surface area (Å²) in [5, 5.41) is 4.96. The third-order valence-electron chi connectivity index (χ3n) is 3.47. The Hall–Kier alpha value is -2.18. The van der Waals surface area contributed by atoms with Gasteiger partial charge in [-0.25, -0.2) is 4.98 Å². The van der Waals surface area contributed by atoms with Crippen molar-refractivity contribution in [3.8, 4) is 10.6 Å². The highest BCUT2D eigenvalue weighted by molar-refractivity contribution is 7.13. The number of aromatic nitrogens is 2. The normalized spacial score (nSPS) is 12.5. The highest BCUT2D eigenvalue weighted by atomic mass is 32.1. The van der Waals surface area contributed by atoms with Gasteiger partial charge in [0, 0.05) is 13.3 Å². The van der Waals surface area contributed by atoms with E-state index in [2.05, 4.69) is 10.3 Å². The summed E-state index contributed by atoms with van der Waals surface area (Å²) in [5.74, 6) is 0.520. The van der Waals surface area contributed by atoms with E-state index in [-0.39, 0.29) is 5.91 Å². The van der Waals surface area contributed by atoms with E-state index < -0.39 is 6.10 Å². The van der Waals surface area contributed by atoms with Crippen molar-refractivity contribution in [2.45, 2.75) is 19.4 Å². The first-order valence-electron chi connectivity index (χ1n) is 7.09. The number of nitrogens with one attached hydrogen (secondary N) is 1. The quantitative estimate of drug-likeness (QED) is 0.785. The highest BCUT2D eigenvalue weighted by Gasteiger charge is 2.21. The largest absolute Gasteiger partial charge is 0.372 e. The fourth-order valence-electron chi connectivity index (χ4n) is 2.36. The molecular formula is C16H17N3O2S. The summed E-state index contributed by atoms with van der Waals surface area (Å²) in [6, 6.07) is 9.72. The summed E-state index contributed by atoms with van der Waals surface area (Å²) < 4.78 is 7.10. The van der Waals surface area contributed by atoms with Crippen LogP contribution in [0.2, 0.25) is 0 Å². The maximum absolute atomic E-state index is 12.4. The van der Waals surface area contributed by atoms with Gasteiger partial charge < -0.3 is 10.1 Å². The molecule has 0 radical (unpaired) electrons. The molecule has 1 N–H and O–H groups in total. The first kappa shape index (κ1) is 14.7. The lowest BCUT2D eigenvalue weighted by Gasteiger charge is -2.13. The molecule has 3 rings (SSSR count). The van der Waals surface area contributed by atoms with Gasteiger partial charge in [0.1, 0.15) is 23.3 Å². The third-order valence-corrected chi connectivity index (χ3v) is 4.35. The van der Waals surface area contributed by atoms with Gasteiger partial charge in [-0.05, 0) is 30.0 Å². The molecule has 5 nitrogen and oxygen atoms in total. The Morgan fingerprint density at radius 1 is 1.41 bits per heavy atom. The summed E-state index contributed by atoms with van der Waals surface area (Å²) in [6.45, 7) is 1.92. The number of pyridine rings is 1. The first-order valence-corrected chi connectivity index (χ1v) is 7.97. The molecule has 0 fully saturated rings. The summed E-state index contributed by atoms with van der Waals surface area (Å²) in [4.78, 5) is 18.0. The summed E-state index contributed by atoms with van der Waals surface area (Å²) in [7, 11) is 1.54. The minimum absolute atomic E-state index is 0.159. The van der Waals surface area contributed by atoms with E-state index in [1.807, 2.05) is 53.2 Å². The van der Waals surface area contributed by atoms with Crippen LogP contribution >= 0.6 is 11.3 Å². The number of hydrogen-bond acceptors (Lipinski definition) is 4. The molecule has 3 aromatic rings. The average molecular weight is 315 g/mol. The summed E-state index contributed by atoms with van der Waals surface area (Å²) >= 11 is 1.59. The van der Waals surface area contributed by atoms with Crippen LogP contribution in [-0.4, -0.2) is 28.5 Å². The minimum atomic E-state index is -0.467. The van der Waals surface area contributed by atoms with E-state index in [1.165, 1.54) is 0 Å². The van der Waals surface area contributed by atoms with Gasteiger partial charge in [-0.15, -0.1) is 11.3 Å². The Kier molecular flexibility index (Phi) is 4.22. The number of thiophene rings is 1. The lowest BCUT2D eigenvalue weighted by Crippen LogP contribution is -2.29. The zero-order valence-electron chi connectivity index (χ0n) is 12.4. The maximum Gasteiger partial charge on any atom is 0.254 e. The molecule has 1 atom stereocenters. The van der Waals surface area contributed by atoms with Crippen molar-refractivity contribution in [1.82, 2.24) is 9.38 Å². The lowest BCUT2D eigenvalue weighted by atomic mass is 10.2. The van der Waals surface area contributed by atoms with E-state index >= 15 is 0 Å². The van der Waals surface area contributed by atoms with Gasteiger partial charge >= 0.3 is 0 Å². The third kappa shape index (κ3) is 2.63. The molecule has 0 aromatic carbocycles. The predicted octanol–water partition coefficient (Wildman–Crippen LogP) is 3.43. The number of methoxy groups -OCH3 is 1. The van der Waals surface area contributed by atoms with Crippen LogP contribution in [0.1, 0.15) is 13.3 Å². The van der Waals surface area contributed by atoms with Crippen molar-refractivity contribution in [1.29, 1.82) is 0 Å². The zero-order valence-corrected chi connectivity index (χ0v) is 13.3. The molecule has 0 unspecified atom stereocenters. The van der Waals surface area contributed by atoms with E-state index in [0.717, 1.165) is 16.2 Å². The van der Waals surface area contributed by atoms with Gasteiger partial charge in [-0.3, -0.25) is 9.20 Å². The molecule has 0 aliphatic carbocycles. The molecule has 114 valence electrons. The molecule has 22 heavy (non-hydrogen) atoms. The van der Waals surface area contributed by atoms with Gasteiger partial charge in [0.05, 0.1) is 4.88 Å². The number of amides is 1. The van der Waals surface area contributed by atoms with Crippen LogP contribution in [-0.2, 0) is 9.53 Å². The van der Waals surface area contributed by atoms with E-state index in [4.69, 9.17) is 4.74 Å². The zero-order chi connectivity index (χ0) is 15.5. The average Bonchev–Trinajstić information content (AvgIpc) is 3.16. The highest BCUT2D eigenvalue weighted by Crippen LogP contribution is 2.32. The molecule has 0 saturated heterocycles. The van der Waals surface area contributed by atoms with Gasteiger partial charge in [0.25, 0.3) is 5.91 Å². The molecule has 1 amide bonds. The standard InChI is InChI=1S/C16H17N3O2S/c1-3-11(21-2)16(20)18-15-14(12-7-6-10-22-12)17-13-8-4-5-9-19(13)15/h4-11H,3H2,1-2H3,(H,18,20)/t11-/m0/s1. The van der Waals surface area contributed by atoms with Gasteiger partial charge in [-0.1, -0.05) is 19.1 Å². The van der Waals surface area contributed by atoms with Crippen molar-refractivity contribution >= 4 is 28.7 Å². The second kappa shape index (κ2) is 6.29. The van der Waals surface area contributed by atoms with Crippen LogP contribution in [0.5, 0.6) is 0 Å². The fourth-order valence-corrected chi connectivity index (χ4v) is 3.07. The number of carbonyl (C=O) groups excluding carboxylic acids is 1. The van der Waals surface area contributed by atoms with E-state index in [0.29, 0.717) is 12.2 Å². The monoisotopic (exact) mass is 315 g/mol. The number of rotatable bonds is 5. The smallest absolute Gasteiger partial charge is 0.254 e. The van der Waals surface area contributed by atoms with E-state index in [1.54, 1.807) is 18.4 Å². The number of hydrogen-bond donors (Lipinski definition) is 1. The number of anilines is 1. The molecule has 0 aliphatic heterocycles. The fraction of sp³-hybridized carbons (Fsp3) is 0.250. The minimum Gasteiger partial charge on any atom is -0.372 e. The van der Waals surface area contributed by atoms with Gasteiger partial charge in [0.2, 0.25) is 0 Å². The molecular weight excluding hydrogens is 298 g/mol. The molecule has 3 heterocycles. The molecule has 0 bridgehead atoms. The topological polar surface area (TPSA) is 55.6 Å². The summed E-state index contributed by atoms with van der Waals surface area (Å²) in [5.41, 5.74) is 1.58. The Balaban J connectivity index is 2.06. The van der Waals surface area contributed by atoms with Crippen LogP contribution in [0.25, 0.3) is 16.2 Å². The van der Waals surface area contributed by atoms with Crippen molar-refractivity contribution < 1.29 is 9.53 Å². The van der Waals surface area contributed by atoms with Gasteiger partial charge in [-0.2, -0.15) is 0 Å². The van der Waals surface area contributed by atoms with E-state index in [9.17, 15) is 4.79 Å². The van der Waals surface area contributed by atoms with Crippen LogP contribution in [0, 0.1) is 0 Å². The Morgan fingerprint density at radius 2 is 2.27 bits per heavy atom. The molecule has 3 aromatic heterocycles. The number of imidazole rings is 1. The Labute approximate surface area is 132 Å². The van der Waals surface area contributed by atoms with Crippen molar-refractivity contribution in [3.63, 3.8) is 0 Å².